The zero-order valence-corrected chi connectivity index (χ0v) is 20.8. The smallest absolute Gasteiger partial charge is 0.419 e. The molecule has 2 amide bonds. The first kappa shape index (κ1) is 30.4. The Labute approximate surface area is 223 Å². The van der Waals surface area contributed by atoms with Gasteiger partial charge in [-0.15, -0.1) is 0 Å². The quantitative estimate of drug-likeness (QED) is 0.310. The molecule has 0 bridgehead atoms. The monoisotopic (exact) mass is 574 g/mol. The van der Waals surface area contributed by atoms with Gasteiger partial charge in [-0.2, -0.15) is 26.3 Å². The lowest BCUT2D eigenvalue weighted by atomic mass is 10.1. The SMILES string of the molecule is COc1ccc(C(=O)NCCc2ccc(C(F)(F)F)c(F)c2)cc1C(=O)NCCc1ccc(C(F)(F)F)c(F)c1. The minimum Gasteiger partial charge on any atom is -0.496 e. The Balaban J connectivity index is 1.59. The molecular formula is C27H22F8N2O3. The minimum absolute atomic E-state index is 0.0217. The van der Waals surface area contributed by atoms with Crippen LogP contribution in [-0.4, -0.2) is 32.0 Å². The van der Waals surface area contributed by atoms with Gasteiger partial charge in [0.25, 0.3) is 11.8 Å². The number of hydrogen-bond acceptors (Lipinski definition) is 3. The average molecular weight is 574 g/mol. The number of ether oxygens (including phenoxy) is 1. The third-order valence-corrected chi connectivity index (χ3v) is 5.78. The van der Waals surface area contributed by atoms with Crippen molar-refractivity contribution in [3.63, 3.8) is 0 Å². The van der Waals surface area contributed by atoms with Gasteiger partial charge in [0.15, 0.2) is 0 Å². The second kappa shape index (κ2) is 12.3. The normalized spacial score (nSPS) is 11.7. The van der Waals surface area contributed by atoms with Crippen molar-refractivity contribution in [1.29, 1.82) is 0 Å². The van der Waals surface area contributed by atoms with Crippen LogP contribution in [0, 0.1) is 11.6 Å². The molecule has 0 saturated heterocycles. The van der Waals surface area contributed by atoms with E-state index < -0.39 is 46.9 Å². The molecule has 0 heterocycles. The van der Waals surface area contributed by atoms with Crippen LogP contribution in [0.25, 0.3) is 0 Å². The molecule has 40 heavy (non-hydrogen) atoms. The molecule has 13 heteroatoms. The van der Waals surface area contributed by atoms with E-state index in [9.17, 15) is 44.7 Å². The molecule has 3 aromatic rings. The maximum Gasteiger partial charge on any atom is 0.419 e. The van der Waals surface area contributed by atoms with E-state index in [1.54, 1.807) is 0 Å². The van der Waals surface area contributed by atoms with Gasteiger partial charge in [-0.3, -0.25) is 9.59 Å². The van der Waals surface area contributed by atoms with Gasteiger partial charge in [0, 0.05) is 18.7 Å². The zero-order chi connectivity index (χ0) is 29.7. The van der Waals surface area contributed by atoms with E-state index in [2.05, 4.69) is 10.6 Å². The Morgan fingerprint density at radius 1 is 0.700 bits per heavy atom. The van der Waals surface area contributed by atoms with Crippen molar-refractivity contribution in [3.8, 4) is 5.75 Å². The zero-order valence-electron chi connectivity index (χ0n) is 20.8. The maximum absolute atomic E-state index is 13.8. The van der Waals surface area contributed by atoms with Crippen molar-refractivity contribution in [2.24, 2.45) is 0 Å². The maximum atomic E-state index is 13.8. The minimum atomic E-state index is -4.83. The van der Waals surface area contributed by atoms with E-state index in [0.29, 0.717) is 12.1 Å². The Hall–Kier alpha value is -4.16. The summed E-state index contributed by atoms with van der Waals surface area (Å²) in [6.07, 6.45) is -9.59. The van der Waals surface area contributed by atoms with Gasteiger partial charge < -0.3 is 15.4 Å². The lowest BCUT2D eigenvalue weighted by molar-refractivity contribution is -0.140. The molecule has 3 aromatic carbocycles. The van der Waals surface area contributed by atoms with E-state index in [4.69, 9.17) is 4.74 Å². The summed E-state index contributed by atoms with van der Waals surface area (Å²) in [5.41, 5.74) is -2.32. The van der Waals surface area contributed by atoms with Crippen LogP contribution < -0.4 is 15.4 Å². The Bertz CT molecular complexity index is 1390. The molecule has 0 atom stereocenters. The molecule has 0 radical (unpaired) electrons. The van der Waals surface area contributed by atoms with Gasteiger partial charge in [-0.05, 0) is 66.4 Å². The Kier molecular flexibility index (Phi) is 9.38. The molecule has 0 aliphatic heterocycles. The first-order valence-corrected chi connectivity index (χ1v) is 11.7. The van der Waals surface area contributed by atoms with E-state index in [0.717, 1.165) is 24.3 Å². The van der Waals surface area contributed by atoms with Gasteiger partial charge >= 0.3 is 12.4 Å². The van der Waals surface area contributed by atoms with Crippen LogP contribution in [0.5, 0.6) is 5.75 Å². The second-order valence-corrected chi connectivity index (χ2v) is 8.55. The highest BCUT2D eigenvalue weighted by Gasteiger charge is 2.34. The van der Waals surface area contributed by atoms with Gasteiger partial charge in [0.2, 0.25) is 0 Å². The van der Waals surface area contributed by atoms with Crippen LogP contribution >= 0.6 is 0 Å². The van der Waals surface area contributed by atoms with Crippen LogP contribution in [0.1, 0.15) is 43.0 Å². The fraction of sp³-hybridized carbons (Fsp3) is 0.259. The molecule has 0 aliphatic carbocycles. The molecule has 0 fully saturated rings. The third kappa shape index (κ3) is 7.70. The Morgan fingerprint density at radius 3 is 1.60 bits per heavy atom. The topological polar surface area (TPSA) is 67.4 Å². The predicted octanol–water partition coefficient (Wildman–Crippen LogP) is 5.96. The first-order valence-electron chi connectivity index (χ1n) is 11.7. The molecule has 214 valence electrons. The van der Waals surface area contributed by atoms with E-state index in [1.807, 2.05) is 0 Å². The van der Waals surface area contributed by atoms with E-state index in [1.165, 1.54) is 25.3 Å². The van der Waals surface area contributed by atoms with Crippen LogP contribution in [0.4, 0.5) is 35.1 Å². The summed E-state index contributed by atoms with van der Waals surface area (Å²) in [5.74, 6) is -4.02. The molecule has 0 spiro atoms. The van der Waals surface area contributed by atoms with Crippen molar-refractivity contribution < 1.29 is 49.4 Å². The van der Waals surface area contributed by atoms with Crippen LogP contribution in [0.2, 0.25) is 0 Å². The molecule has 0 unspecified atom stereocenters. The lowest BCUT2D eigenvalue weighted by Gasteiger charge is -2.13. The van der Waals surface area contributed by atoms with Crippen LogP contribution in [0.3, 0.4) is 0 Å². The summed E-state index contributed by atoms with van der Waals surface area (Å²) in [4.78, 5) is 25.3. The number of alkyl halides is 6. The highest BCUT2D eigenvalue weighted by atomic mass is 19.4. The van der Waals surface area contributed by atoms with Gasteiger partial charge in [-0.25, -0.2) is 8.78 Å². The van der Waals surface area contributed by atoms with Crippen molar-refractivity contribution in [2.45, 2.75) is 25.2 Å². The van der Waals surface area contributed by atoms with Crippen LogP contribution in [0.15, 0.2) is 54.6 Å². The number of carbonyl (C=O) groups is 2. The highest BCUT2D eigenvalue weighted by molar-refractivity contribution is 6.01. The molecule has 0 saturated carbocycles. The molecule has 3 rings (SSSR count). The van der Waals surface area contributed by atoms with Crippen molar-refractivity contribution in [3.05, 3.63) is 99.6 Å². The molecule has 0 aliphatic rings. The average Bonchev–Trinajstić information content (AvgIpc) is 2.86. The fourth-order valence-electron chi connectivity index (χ4n) is 3.75. The standard InChI is InChI=1S/C27H22F8N2O3/c1-40-23-7-4-17(24(38)36-10-8-15-2-5-19(21(28)12-15)26(30,31)32)14-18(23)25(39)37-11-9-16-3-6-20(22(29)13-16)27(33,34)35/h2-7,12-14H,8-11H2,1H3,(H,36,38)(H,37,39). The van der Waals surface area contributed by atoms with E-state index in [-0.39, 0.29) is 53.9 Å². The number of nitrogens with one attached hydrogen (secondary N) is 2. The third-order valence-electron chi connectivity index (χ3n) is 5.78. The molecule has 2 N–H and O–H groups in total. The summed E-state index contributed by atoms with van der Waals surface area (Å²) >= 11 is 0. The number of rotatable bonds is 9. The van der Waals surface area contributed by atoms with Gasteiger partial charge in [0.05, 0.1) is 23.8 Å². The first-order chi connectivity index (χ1) is 18.7. The second-order valence-electron chi connectivity index (χ2n) is 8.55. The van der Waals surface area contributed by atoms with E-state index >= 15 is 0 Å². The van der Waals surface area contributed by atoms with Crippen molar-refractivity contribution in [1.82, 2.24) is 10.6 Å². The predicted molar refractivity (Wildman–Crippen MR) is 128 cm³/mol. The summed E-state index contributed by atoms with van der Waals surface area (Å²) in [5, 5.41) is 5.06. The molecular weight excluding hydrogens is 552 g/mol. The number of halogens is 8. The molecule has 0 aromatic heterocycles. The summed E-state index contributed by atoms with van der Waals surface area (Å²) in [6.45, 7) is -0.103. The number of methoxy groups -OCH3 is 1. The van der Waals surface area contributed by atoms with Gasteiger partial charge in [-0.1, -0.05) is 12.1 Å². The number of benzene rings is 3. The number of amides is 2. The van der Waals surface area contributed by atoms with Crippen molar-refractivity contribution in [2.75, 3.05) is 20.2 Å². The fourth-order valence-corrected chi connectivity index (χ4v) is 3.75. The summed E-state index contributed by atoms with van der Waals surface area (Å²) < 4.78 is 109. The Morgan fingerprint density at radius 2 is 1.18 bits per heavy atom. The summed E-state index contributed by atoms with van der Waals surface area (Å²) in [6, 6.07) is 8.88. The molecule has 5 nitrogen and oxygen atoms in total. The number of carbonyl (C=O) groups excluding carboxylic acids is 2. The van der Waals surface area contributed by atoms with Gasteiger partial charge in [0.1, 0.15) is 17.4 Å². The largest absolute Gasteiger partial charge is 0.496 e. The number of hydrogen-bond donors (Lipinski definition) is 2. The lowest BCUT2D eigenvalue weighted by Crippen LogP contribution is -2.28. The highest BCUT2D eigenvalue weighted by Crippen LogP contribution is 2.32. The van der Waals surface area contributed by atoms with Crippen molar-refractivity contribution >= 4 is 11.8 Å². The summed E-state index contributed by atoms with van der Waals surface area (Å²) in [7, 11) is 1.29. The van der Waals surface area contributed by atoms with Crippen LogP contribution in [-0.2, 0) is 25.2 Å².